The van der Waals surface area contributed by atoms with Gasteiger partial charge >= 0.3 is 0 Å². The molecule has 0 radical (unpaired) electrons. The summed E-state index contributed by atoms with van der Waals surface area (Å²) in [7, 11) is 0. The van der Waals surface area contributed by atoms with Crippen LogP contribution in [0.1, 0.15) is 26.7 Å². The fourth-order valence-electron chi connectivity index (χ4n) is 1.91. The van der Waals surface area contributed by atoms with Gasteiger partial charge in [0.1, 0.15) is 5.66 Å². The number of nitrogens with zero attached hydrogens (tertiary/aromatic N) is 1. The number of halogens is 1. The van der Waals surface area contributed by atoms with Crippen molar-refractivity contribution < 1.29 is 0 Å². The summed E-state index contributed by atoms with van der Waals surface area (Å²) in [5.74, 6) is 0. The first-order valence-electron chi connectivity index (χ1n) is 5.76. The molecule has 92 valence electrons. The molecule has 2 rings (SSSR count). The smallest absolute Gasteiger partial charge is 0.189 e. The molecule has 0 amide bonds. The summed E-state index contributed by atoms with van der Waals surface area (Å²) in [6.07, 6.45) is 1.98. The monoisotopic (exact) mass is 361 g/mol. The van der Waals surface area contributed by atoms with E-state index in [9.17, 15) is 0 Å². The fraction of sp³-hybridized carbons (Fsp3) is 0.417. The van der Waals surface area contributed by atoms with E-state index in [0.29, 0.717) is 0 Å². The molecule has 1 aromatic carbocycles. The first kappa shape index (κ1) is 13.0. The lowest BCUT2D eigenvalue weighted by Crippen LogP contribution is -2.50. The van der Waals surface area contributed by atoms with Gasteiger partial charge in [-0.15, -0.1) is 0 Å². The molecule has 1 heterocycles. The zero-order valence-corrected chi connectivity index (χ0v) is 12.9. The van der Waals surface area contributed by atoms with Gasteiger partial charge < -0.3 is 5.32 Å². The summed E-state index contributed by atoms with van der Waals surface area (Å²) in [5, 5.41) is 6.08. The fourth-order valence-corrected chi connectivity index (χ4v) is 2.62. The number of nitrogens with one attached hydrogen (secondary N) is 2. The van der Waals surface area contributed by atoms with Crippen LogP contribution in [0.5, 0.6) is 0 Å². The molecule has 0 spiro atoms. The second-order valence-electron chi connectivity index (χ2n) is 4.14. The summed E-state index contributed by atoms with van der Waals surface area (Å²) < 4.78 is 1.22. The van der Waals surface area contributed by atoms with Crippen LogP contribution in [-0.4, -0.2) is 10.8 Å². The van der Waals surface area contributed by atoms with Crippen molar-refractivity contribution in [1.29, 1.82) is 0 Å². The Labute approximate surface area is 121 Å². The summed E-state index contributed by atoms with van der Waals surface area (Å²) in [4.78, 5) is 0. The highest BCUT2D eigenvalue weighted by atomic mass is 127. The molecule has 3 nitrogen and oxygen atoms in total. The van der Waals surface area contributed by atoms with E-state index in [-0.39, 0.29) is 5.66 Å². The molecule has 1 saturated heterocycles. The van der Waals surface area contributed by atoms with Crippen LogP contribution in [0.15, 0.2) is 24.3 Å². The Morgan fingerprint density at radius 3 is 2.29 bits per heavy atom. The van der Waals surface area contributed by atoms with Crippen molar-refractivity contribution in [3.05, 3.63) is 27.8 Å². The normalized spacial score (nSPS) is 18.3. The summed E-state index contributed by atoms with van der Waals surface area (Å²) in [6.45, 7) is 4.31. The van der Waals surface area contributed by atoms with Crippen molar-refractivity contribution in [2.24, 2.45) is 0 Å². The maximum absolute atomic E-state index is 5.39. The predicted octanol–water partition coefficient (Wildman–Crippen LogP) is 3.01. The topological polar surface area (TPSA) is 27.3 Å². The molecule has 0 aromatic heterocycles. The number of rotatable bonds is 3. The minimum atomic E-state index is -0.0971. The van der Waals surface area contributed by atoms with E-state index in [1.807, 2.05) is 5.01 Å². The zero-order chi connectivity index (χ0) is 12.5. The van der Waals surface area contributed by atoms with Crippen LogP contribution in [0.4, 0.5) is 5.69 Å². The zero-order valence-electron chi connectivity index (χ0n) is 9.96. The average molecular weight is 361 g/mol. The summed E-state index contributed by atoms with van der Waals surface area (Å²) >= 11 is 7.69. The summed E-state index contributed by atoms with van der Waals surface area (Å²) in [6, 6.07) is 8.31. The van der Waals surface area contributed by atoms with Crippen LogP contribution in [0.2, 0.25) is 0 Å². The largest absolute Gasteiger partial charge is 0.342 e. The molecule has 0 aliphatic carbocycles. The first-order valence-corrected chi connectivity index (χ1v) is 7.24. The lowest BCUT2D eigenvalue weighted by Gasteiger charge is -2.27. The maximum Gasteiger partial charge on any atom is 0.189 e. The predicted molar refractivity (Wildman–Crippen MR) is 83.8 cm³/mol. The minimum absolute atomic E-state index is 0.0971. The molecular weight excluding hydrogens is 345 g/mol. The standard InChI is InChI=1S/C12H16IN3S/c1-3-12(4-2)14-11(17)16(15-12)10-7-5-9(13)6-8-10/h5-8,15H,3-4H2,1-2H3,(H,14,17). The molecule has 0 saturated carbocycles. The number of anilines is 1. The van der Waals surface area contributed by atoms with Gasteiger partial charge in [-0.25, -0.2) is 5.43 Å². The third kappa shape index (κ3) is 2.56. The second kappa shape index (κ2) is 5.07. The number of thiocarbonyl (C=S) groups is 1. The third-order valence-electron chi connectivity index (χ3n) is 3.17. The van der Waals surface area contributed by atoms with Gasteiger partial charge in [-0.2, -0.15) is 0 Å². The highest BCUT2D eigenvalue weighted by Gasteiger charge is 2.37. The maximum atomic E-state index is 5.39. The summed E-state index contributed by atoms with van der Waals surface area (Å²) in [5.41, 5.74) is 4.45. The van der Waals surface area contributed by atoms with Gasteiger partial charge in [0.2, 0.25) is 0 Å². The lowest BCUT2D eigenvalue weighted by molar-refractivity contribution is 0.315. The SMILES string of the molecule is CCC1(CC)NC(=S)N(c2ccc(I)cc2)N1. The van der Waals surface area contributed by atoms with Crippen LogP contribution < -0.4 is 15.8 Å². The van der Waals surface area contributed by atoms with Gasteiger partial charge in [0.05, 0.1) is 5.69 Å². The van der Waals surface area contributed by atoms with Crippen molar-refractivity contribution in [3.8, 4) is 0 Å². The Bertz CT molecular complexity index is 414. The minimum Gasteiger partial charge on any atom is -0.342 e. The molecule has 1 aliphatic heterocycles. The number of hydrogen-bond donors (Lipinski definition) is 2. The molecule has 1 aromatic rings. The Hall–Kier alpha value is -0.400. The van der Waals surface area contributed by atoms with E-state index >= 15 is 0 Å². The van der Waals surface area contributed by atoms with Crippen molar-refractivity contribution in [2.75, 3.05) is 5.01 Å². The molecule has 0 atom stereocenters. The van der Waals surface area contributed by atoms with E-state index in [0.717, 1.165) is 23.6 Å². The Balaban J connectivity index is 2.23. The van der Waals surface area contributed by atoms with E-state index in [2.05, 4.69) is 71.4 Å². The molecule has 5 heteroatoms. The van der Waals surface area contributed by atoms with E-state index in [1.165, 1.54) is 3.57 Å². The quantitative estimate of drug-likeness (QED) is 0.640. The Kier molecular flexibility index (Phi) is 3.89. The molecule has 0 bridgehead atoms. The Morgan fingerprint density at radius 1 is 1.24 bits per heavy atom. The van der Waals surface area contributed by atoms with Crippen molar-refractivity contribution in [3.63, 3.8) is 0 Å². The third-order valence-corrected chi connectivity index (χ3v) is 4.17. The van der Waals surface area contributed by atoms with Crippen molar-refractivity contribution in [2.45, 2.75) is 32.4 Å². The van der Waals surface area contributed by atoms with E-state index < -0.39 is 0 Å². The average Bonchev–Trinajstić information content (AvgIpc) is 2.69. The van der Waals surface area contributed by atoms with Crippen LogP contribution in [0, 0.1) is 3.57 Å². The van der Waals surface area contributed by atoms with Crippen molar-refractivity contribution in [1.82, 2.24) is 10.7 Å². The van der Waals surface area contributed by atoms with Crippen molar-refractivity contribution >= 4 is 45.6 Å². The lowest BCUT2D eigenvalue weighted by atomic mass is 10.1. The van der Waals surface area contributed by atoms with Crippen LogP contribution in [-0.2, 0) is 0 Å². The van der Waals surface area contributed by atoms with Gasteiger partial charge in [0, 0.05) is 3.57 Å². The van der Waals surface area contributed by atoms with Crippen LogP contribution in [0.3, 0.4) is 0 Å². The van der Waals surface area contributed by atoms with Gasteiger partial charge in [0.25, 0.3) is 0 Å². The van der Waals surface area contributed by atoms with Gasteiger partial charge in [-0.1, -0.05) is 13.8 Å². The molecule has 0 unspecified atom stereocenters. The highest BCUT2D eigenvalue weighted by Crippen LogP contribution is 2.24. The van der Waals surface area contributed by atoms with Gasteiger partial charge in [-0.3, -0.25) is 5.01 Å². The molecular formula is C12H16IN3S. The number of hydrogen-bond acceptors (Lipinski definition) is 2. The molecule has 2 N–H and O–H groups in total. The molecule has 1 fully saturated rings. The van der Waals surface area contributed by atoms with Crippen LogP contribution >= 0.6 is 34.8 Å². The van der Waals surface area contributed by atoms with Gasteiger partial charge in [0.15, 0.2) is 5.11 Å². The molecule has 17 heavy (non-hydrogen) atoms. The number of hydrazine groups is 1. The Morgan fingerprint density at radius 2 is 1.82 bits per heavy atom. The second-order valence-corrected chi connectivity index (χ2v) is 5.78. The highest BCUT2D eigenvalue weighted by molar-refractivity contribution is 14.1. The number of benzene rings is 1. The first-order chi connectivity index (χ1) is 8.10. The molecule has 1 aliphatic rings. The van der Waals surface area contributed by atoms with Crippen LogP contribution in [0.25, 0.3) is 0 Å². The van der Waals surface area contributed by atoms with E-state index in [4.69, 9.17) is 12.2 Å². The van der Waals surface area contributed by atoms with E-state index in [1.54, 1.807) is 0 Å². The van der Waals surface area contributed by atoms with Gasteiger partial charge in [-0.05, 0) is 71.9 Å².